The summed E-state index contributed by atoms with van der Waals surface area (Å²) in [5.74, 6) is 0.211. The van der Waals surface area contributed by atoms with Gasteiger partial charge in [-0.15, -0.1) is 16.4 Å². The molecule has 0 radical (unpaired) electrons. The van der Waals surface area contributed by atoms with Gasteiger partial charge in [0.2, 0.25) is 11.1 Å². The lowest BCUT2D eigenvalue weighted by molar-refractivity contribution is -0.125. The summed E-state index contributed by atoms with van der Waals surface area (Å²) >= 11 is 2.56. The van der Waals surface area contributed by atoms with Crippen LogP contribution in [0.3, 0.4) is 0 Å². The third-order valence-corrected chi connectivity index (χ3v) is 9.79. The normalized spacial score (nSPS) is 16.1. The van der Waals surface area contributed by atoms with Gasteiger partial charge in [0, 0.05) is 18.8 Å². The van der Waals surface area contributed by atoms with Crippen molar-refractivity contribution >= 4 is 39.0 Å². The van der Waals surface area contributed by atoms with Crippen molar-refractivity contribution in [1.82, 2.24) is 29.8 Å². The van der Waals surface area contributed by atoms with Gasteiger partial charge < -0.3 is 5.32 Å². The summed E-state index contributed by atoms with van der Waals surface area (Å²) in [6.45, 7) is 0.505. The van der Waals surface area contributed by atoms with E-state index in [9.17, 15) is 13.2 Å². The van der Waals surface area contributed by atoms with Crippen LogP contribution in [0.5, 0.6) is 0 Å². The number of thioether (sulfide) groups is 1. The summed E-state index contributed by atoms with van der Waals surface area (Å²) in [4.78, 5) is 13.2. The van der Waals surface area contributed by atoms with E-state index in [1.165, 1.54) is 16.1 Å². The maximum Gasteiger partial charge on any atom is 0.253 e. The molecule has 2 aromatic heterocycles. The van der Waals surface area contributed by atoms with Crippen LogP contribution in [0.1, 0.15) is 11.1 Å². The molecule has 12 heteroatoms. The summed E-state index contributed by atoms with van der Waals surface area (Å²) < 4.78 is 29.9. The van der Waals surface area contributed by atoms with Gasteiger partial charge in [-0.2, -0.15) is 8.99 Å². The molecule has 0 aliphatic carbocycles. The highest BCUT2D eigenvalue weighted by Gasteiger charge is 2.39. The largest absolute Gasteiger partial charge is 0.354 e. The van der Waals surface area contributed by atoms with Crippen LogP contribution in [0.25, 0.3) is 5.69 Å². The third-order valence-electron chi connectivity index (χ3n) is 5.64. The van der Waals surface area contributed by atoms with Gasteiger partial charge >= 0.3 is 0 Å². The Labute approximate surface area is 211 Å². The molecule has 180 valence electrons. The topological polar surface area (TPSA) is 110 Å². The Hall–Kier alpha value is -3.06. The third kappa shape index (κ3) is 5.01. The molecule has 5 rings (SSSR count). The number of sulfonamides is 1. The van der Waals surface area contributed by atoms with Gasteiger partial charge in [0.05, 0.1) is 5.69 Å². The Morgan fingerprint density at radius 2 is 1.83 bits per heavy atom. The highest BCUT2D eigenvalue weighted by molar-refractivity contribution is 7.99. The predicted octanol–water partition coefficient (Wildman–Crippen LogP) is 2.75. The lowest BCUT2D eigenvalue weighted by Gasteiger charge is -2.34. The molecule has 2 aromatic carbocycles. The Morgan fingerprint density at radius 1 is 1.06 bits per heavy atom. The molecule has 0 fully saturated rings. The molecule has 35 heavy (non-hydrogen) atoms. The summed E-state index contributed by atoms with van der Waals surface area (Å²) in [7, 11) is -3.80. The van der Waals surface area contributed by atoms with E-state index in [0.717, 1.165) is 28.2 Å². The minimum absolute atomic E-state index is 0.162. The highest BCUT2D eigenvalue weighted by Crippen LogP contribution is 2.31. The van der Waals surface area contributed by atoms with Crippen LogP contribution >= 0.6 is 23.1 Å². The van der Waals surface area contributed by atoms with E-state index < -0.39 is 16.1 Å². The molecule has 4 aromatic rings. The van der Waals surface area contributed by atoms with Crippen LogP contribution in [-0.2, 0) is 27.8 Å². The number of benzene rings is 2. The van der Waals surface area contributed by atoms with E-state index >= 15 is 0 Å². The molecule has 0 spiro atoms. The zero-order valence-electron chi connectivity index (χ0n) is 18.5. The standard InChI is InChI=1S/C23H22N6O3S3/c30-22(24-12-14-34-23-25-26-27-29(23)19-9-2-1-3-10-19)20-15-17-7-4-5-8-18(17)16-28(20)35(31,32)21-11-6-13-33-21/h1-11,13,20H,12,14-16H2,(H,24,30)/t20-/m0/s1. The maximum absolute atomic E-state index is 13.4. The number of hydrogen-bond acceptors (Lipinski definition) is 8. The van der Waals surface area contributed by atoms with Gasteiger partial charge in [0.25, 0.3) is 10.0 Å². The number of rotatable bonds is 8. The van der Waals surface area contributed by atoms with E-state index in [0.29, 0.717) is 23.9 Å². The maximum atomic E-state index is 13.4. The van der Waals surface area contributed by atoms with Crippen molar-refractivity contribution in [2.45, 2.75) is 28.4 Å². The van der Waals surface area contributed by atoms with Crippen LogP contribution < -0.4 is 5.32 Å². The zero-order valence-corrected chi connectivity index (χ0v) is 21.0. The monoisotopic (exact) mass is 526 g/mol. The summed E-state index contributed by atoms with van der Waals surface area (Å²) in [5, 5.41) is 17.1. The molecule has 1 aliphatic heterocycles. The number of hydrogen-bond donors (Lipinski definition) is 1. The number of aromatic nitrogens is 4. The second-order valence-electron chi connectivity index (χ2n) is 7.82. The van der Waals surface area contributed by atoms with Crippen molar-refractivity contribution in [2.24, 2.45) is 0 Å². The molecular formula is C23H22N6O3S3. The Kier molecular flexibility index (Phi) is 6.95. The number of carbonyl (C=O) groups excluding carboxylic acids is 1. The van der Waals surface area contributed by atoms with Gasteiger partial charge in [-0.3, -0.25) is 4.79 Å². The van der Waals surface area contributed by atoms with Crippen LogP contribution in [0.2, 0.25) is 0 Å². The molecule has 0 unspecified atom stereocenters. The van der Waals surface area contributed by atoms with Gasteiger partial charge in [-0.1, -0.05) is 60.3 Å². The van der Waals surface area contributed by atoms with Crippen molar-refractivity contribution in [3.63, 3.8) is 0 Å². The number of fused-ring (bicyclic) bond motifs is 1. The van der Waals surface area contributed by atoms with E-state index in [-0.39, 0.29) is 16.7 Å². The predicted molar refractivity (Wildman–Crippen MR) is 134 cm³/mol. The van der Waals surface area contributed by atoms with Gasteiger partial charge in [-0.25, -0.2) is 8.42 Å². The fraction of sp³-hybridized carbons (Fsp3) is 0.217. The Balaban J connectivity index is 1.27. The van der Waals surface area contributed by atoms with Gasteiger partial charge in [-0.05, 0) is 51.6 Å². The number of nitrogens with one attached hydrogen (secondary N) is 1. The lowest BCUT2D eigenvalue weighted by Crippen LogP contribution is -2.52. The molecule has 3 heterocycles. The Morgan fingerprint density at radius 3 is 2.60 bits per heavy atom. The number of tetrazole rings is 1. The van der Waals surface area contributed by atoms with Crippen LogP contribution in [0.15, 0.2) is 81.5 Å². The summed E-state index contributed by atoms with van der Waals surface area (Å²) in [6, 6.07) is 19.6. The van der Waals surface area contributed by atoms with Crippen LogP contribution in [-0.4, -0.2) is 57.2 Å². The molecule has 0 saturated carbocycles. The van der Waals surface area contributed by atoms with Crippen LogP contribution in [0.4, 0.5) is 0 Å². The van der Waals surface area contributed by atoms with E-state index in [1.54, 1.807) is 22.2 Å². The molecular weight excluding hydrogens is 504 g/mol. The van der Waals surface area contributed by atoms with Gasteiger partial charge in [0.15, 0.2) is 0 Å². The van der Waals surface area contributed by atoms with Crippen molar-refractivity contribution in [3.05, 3.63) is 83.2 Å². The molecule has 1 atom stereocenters. The average molecular weight is 527 g/mol. The average Bonchev–Trinajstić information content (AvgIpc) is 3.59. The Bertz CT molecular complexity index is 1410. The first-order chi connectivity index (χ1) is 17.0. The molecule has 1 aliphatic rings. The number of amides is 1. The van der Waals surface area contributed by atoms with E-state index in [2.05, 4.69) is 20.8 Å². The first-order valence-electron chi connectivity index (χ1n) is 10.9. The van der Waals surface area contributed by atoms with Crippen molar-refractivity contribution in [3.8, 4) is 5.69 Å². The first-order valence-corrected chi connectivity index (χ1v) is 14.2. The summed E-state index contributed by atoms with van der Waals surface area (Å²) in [6.07, 6.45) is 0.325. The molecule has 0 bridgehead atoms. The second-order valence-corrected chi connectivity index (χ2v) is 11.9. The smallest absolute Gasteiger partial charge is 0.253 e. The minimum Gasteiger partial charge on any atom is -0.354 e. The molecule has 1 N–H and O–H groups in total. The molecule has 0 saturated heterocycles. The number of nitrogens with zero attached hydrogens (tertiary/aromatic N) is 5. The van der Waals surface area contributed by atoms with E-state index in [1.807, 2.05) is 54.6 Å². The number of thiophene rings is 1. The van der Waals surface area contributed by atoms with Crippen molar-refractivity contribution in [2.75, 3.05) is 12.3 Å². The number of para-hydroxylation sites is 1. The zero-order chi connectivity index (χ0) is 24.3. The molecule has 1 amide bonds. The van der Waals surface area contributed by atoms with Crippen molar-refractivity contribution < 1.29 is 13.2 Å². The van der Waals surface area contributed by atoms with Crippen LogP contribution in [0, 0.1) is 0 Å². The van der Waals surface area contributed by atoms with Gasteiger partial charge in [0.1, 0.15) is 10.3 Å². The highest BCUT2D eigenvalue weighted by atomic mass is 32.2. The summed E-state index contributed by atoms with van der Waals surface area (Å²) in [5.41, 5.74) is 2.75. The minimum atomic E-state index is -3.80. The number of carbonyl (C=O) groups is 1. The SMILES string of the molecule is O=C(NCCSc1nnnn1-c1ccccc1)[C@@H]1Cc2ccccc2CN1S(=O)(=O)c1cccs1. The molecule has 9 nitrogen and oxygen atoms in total. The van der Waals surface area contributed by atoms with Crippen molar-refractivity contribution in [1.29, 1.82) is 0 Å². The fourth-order valence-corrected chi connectivity index (χ4v) is 7.37. The quantitative estimate of drug-likeness (QED) is 0.278. The first kappa shape index (κ1) is 23.7. The fourth-order valence-electron chi connectivity index (χ4n) is 3.94. The van der Waals surface area contributed by atoms with E-state index in [4.69, 9.17) is 0 Å². The second kappa shape index (κ2) is 10.3. The lowest BCUT2D eigenvalue weighted by atomic mass is 9.95.